The Kier molecular flexibility index (Phi) is 4.48. The number of hydrogen-bond donors (Lipinski definition) is 2. The van der Waals surface area contributed by atoms with Crippen molar-refractivity contribution < 1.29 is 14.3 Å². The van der Waals surface area contributed by atoms with Crippen molar-refractivity contribution in [1.82, 2.24) is 0 Å². The summed E-state index contributed by atoms with van der Waals surface area (Å²) in [6.45, 7) is -0.289. The van der Waals surface area contributed by atoms with Crippen molar-refractivity contribution in [2.75, 3.05) is 11.9 Å². The van der Waals surface area contributed by atoms with Crippen LogP contribution in [-0.4, -0.2) is 17.6 Å². The number of aliphatic hydroxyl groups excluding tert-OH is 1. The van der Waals surface area contributed by atoms with Crippen LogP contribution in [0.2, 0.25) is 0 Å². The highest BCUT2D eigenvalue weighted by Gasteiger charge is 2.12. The van der Waals surface area contributed by atoms with Gasteiger partial charge in [-0.1, -0.05) is 30.0 Å². The minimum atomic E-state index is -0.618. The molecule has 2 N–H and O–H groups in total. The maximum absolute atomic E-state index is 13.7. The predicted molar refractivity (Wildman–Crippen MR) is 74.8 cm³/mol. The van der Waals surface area contributed by atoms with Gasteiger partial charge in [-0.25, -0.2) is 4.39 Å². The van der Waals surface area contributed by atoms with Crippen LogP contribution in [-0.2, 0) is 0 Å². The Morgan fingerprint density at radius 3 is 2.65 bits per heavy atom. The first-order chi connectivity index (χ1) is 9.70. The SMILES string of the molecule is O=C(Nc1ccccc1)c1cc(C#CCO)ccc1F. The molecule has 0 fully saturated rings. The summed E-state index contributed by atoms with van der Waals surface area (Å²) in [6.07, 6.45) is 0. The Labute approximate surface area is 116 Å². The molecule has 2 rings (SSSR count). The summed E-state index contributed by atoms with van der Waals surface area (Å²) in [5, 5.41) is 11.2. The topological polar surface area (TPSA) is 49.3 Å². The molecule has 0 atom stereocenters. The first-order valence-electron chi connectivity index (χ1n) is 5.96. The first-order valence-corrected chi connectivity index (χ1v) is 5.96. The number of benzene rings is 2. The van der Waals surface area contributed by atoms with Gasteiger partial charge in [-0.05, 0) is 30.3 Å². The van der Waals surface area contributed by atoms with E-state index in [-0.39, 0.29) is 12.2 Å². The normalized spacial score (nSPS) is 9.50. The van der Waals surface area contributed by atoms with Gasteiger partial charge >= 0.3 is 0 Å². The molecule has 0 aliphatic carbocycles. The number of anilines is 1. The molecule has 100 valence electrons. The third-order valence-corrected chi connectivity index (χ3v) is 2.55. The zero-order valence-electron chi connectivity index (χ0n) is 10.6. The minimum Gasteiger partial charge on any atom is -0.384 e. The molecule has 1 amide bonds. The Morgan fingerprint density at radius 1 is 1.20 bits per heavy atom. The quantitative estimate of drug-likeness (QED) is 0.823. The zero-order chi connectivity index (χ0) is 14.4. The van der Waals surface area contributed by atoms with Crippen LogP contribution in [0.15, 0.2) is 48.5 Å². The van der Waals surface area contributed by atoms with Gasteiger partial charge in [0.05, 0.1) is 5.56 Å². The Morgan fingerprint density at radius 2 is 1.95 bits per heavy atom. The summed E-state index contributed by atoms with van der Waals surface area (Å²) in [6, 6.07) is 12.8. The van der Waals surface area contributed by atoms with Crippen LogP contribution in [0.5, 0.6) is 0 Å². The van der Waals surface area contributed by atoms with Gasteiger partial charge < -0.3 is 10.4 Å². The van der Waals surface area contributed by atoms with E-state index in [1.54, 1.807) is 24.3 Å². The highest BCUT2D eigenvalue weighted by molar-refractivity contribution is 6.04. The molecule has 0 aliphatic rings. The van der Waals surface area contributed by atoms with Crippen molar-refractivity contribution >= 4 is 11.6 Å². The fourth-order valence-corrected chi connectivity index (χ4v) is 1.64. The van der Waals surface area contributed by atoms with Crippen molar-refractivity contribution in [2.24, 2.45) is 0 Å². The van der Waals surface area contributed by atoms with E-state index in [2.05, 4.69) is 17.2 Å². The summed E-state index contributed by atoms with van der Waals surface area (Å²) >= 11 is 0. The van der Waals surface area contributed by atoms with Crippen LogP contribution in [0.3, 0.4) is 0 Å². The van der Waals surface area contributed by atoms with E-state index in [9.17, 15) is 9.18 Å². The molecule has 0 saturated heterocycles. The third kappa shape index (κ3) is 3.44. The van der Waals surface area contributed by atoms with E-state index >= 15 is 0 Å². The average molecular weight is 269 g/mol. The van der Waals surface area contributed by atoms with Crippen molar-refractivity contribution in [3.63, 3.8) is 0 Å². The molecule has 0 bridgehead atoms. The van der Waals surface area contributed by atoms with Gasteiger partial charge in [0, 0.05) is 11.3 Å². The summed E-state index contributed by atoms with van der Waals surface area (Å²) in [7, 11) is 0. The van der Waals surface area contributed by atoms with Gasteiger partial charge in [0.25, 0.3) is 5.91 Å². The Hall–Kier alpha value is -2.64. The summed E-state index contributed by atoms with van der Waals surface area (Å²) < 4.78 is 13.7. The molecule has 0 saturated carbocycles. The van der Waals surface area contributed by atoms with E-state index in [1.807, 2.05) is 6.07 Å². The fourth-order valence-electron chi connectivity index (χ4n) is 1.64. The summed E-state index contributed by atoms with van der Waals surface area (Å²) in [5.41, 5.74) is 0.973. The Bertz CT molecular complexity index is 672. The van der Waals surface area contributed by atoms with E-state index in [0.717, 1.165) is 0 Å². The zero-order valence-corrected chi connectivity index (χ0v) is 10.6. The van der Waals surface area contributed by atoms with Crippen LogP contribution >= 0.6 is 0 Å². The molecule has 2 aromatic rings. The van der Waals surface area contributed by atoms with Crippen molar-refractivity contribution in [3.05, 3.63) is 65.5 Å². The molecule has 0 radical (unpaired) electrons. The third-order valence-electron chi connectivity index (χ3n) is 2.55. The molecule has 4 heteroatoms. The van der Waals surface area contributed by atoms with E-state index in [4.69, 9.17) is 5.11 Å². The number of para-hydroxylation sites is 1. The number of nitrogens with one attached hydrogen (secondary N) is 1. The molecule has 0 aliphatic heterocycles. The number of amides is 1. The second-order valence-electron chi connectivity index (χ2n) is 3.97. The molecule has 0 aromatic heterocycles. The Balaban J connectivity index is 2.25. The first kappa shape index (κ1) is 13.8. The standard InChI is InChI=1S/C16H12FNO2/c17-15-9-8-12(5-4-10-19)11-14(15)16(20)18-13-6-2-1-3-7-13/h1-3,6-9,11,19H,10H2,(H,18,20). The molecule has 0 unspecified atom stereocenters. The smallest absolute Gasteiger partial charge is 0.258 e. The van der Waals surface area contributed by atoms with Crippen molar-refractivity contribution in [3.8, 4) is 11.8 Å². The maximum atomic E-state index is 13.7. The molecule has 20 heavy (non-hydrogen) atoms. The van der Waals surface area contributed by atoms with Crippen LogP contribution in [0, 0.1) is 17.7 Å². The van der Waals surface area contributed by atoms with Gasteiger partial charge in [-0.3, -0.25) is 4.79 Å². The van der Waals surface area contributed by atoms with Gasteiger partial charge in [0.2, 0.25) is 0 Å². The number of halogens is 1. The van der Waals surface area contributed by atoms with Gasteiger partial charge in [0.15, 0.2) is 0 Å². The van der Waals surface area contributed by atoms with E-state index in [0.29, 0.717) is 11.3 Å². The maximum Gasteiger partial charge on any atom is 0.258 e. The summed E-state index contributed by atoms with van der Waals surface area (Å²) in [4.78, 5) is 12.0. The molecule has 2 aromatic carbocycles. The van der Waals surface area contributed by atoms with Gasteiger partial charge in [-0.2, -0.15) is 0 Å². The second kappa shape index (κ2) is 6.50. The monoisotopic (exact) mass is 269 g/mol. The fraction of sp³-hybridized carbons (Fsp3) is 0.0625. The van der Waals surface area contributed by atoms with Crippen LogP contribution < -0.4 is 5.32 Å². The lowest BCUT2D eigenvalue weighted by atomic mass is 10.1. The average Bonchev–Trinajstić information content (AvgIpc) is 2.47. The number of aliphatic hydroxyl groups is 1. The lowest BCUT2D eigenvalue weighted by Gasteiger charge is -2.06. The van der Waals surface area contributed by atoms with Gasteiger partial charge in [-0.15, -0.1) is 0 Å². The van der Waals surface area contributed by atoms with Gasteiger partial charge in [0.1, 0.15) is 12.4 Å². The highest BCUT2D eigenvalue weighted by Crippen LogP contribution is 2.13. The predicted octanol–water partition coefficient (Wildman–Crippen LogP) is 2.42. The van der Waals surface area contributed by atoms with Crippen molar-refractivity contribution in [1.29, 1.82) is 0 Å². The molecule has 0 spiro atoms. The summed E-state index contributed by atoms with van der Waals surface area (Å²) in [5.74, 6) is 3.93. The molecule has 0 heterocycles. The van der Waals surface area contributed by atoms with Crippen molar-refractivity contribution in [2.45, 2.75) is 0 Å². The van der Waals surface area contributed by atoms with E-state index in [1.165, 1.54) is 18.2 Å². The lowest BCUT2D eigenvalue weighted by molar-refractivity contribution is 0.102. The van der Waals surface area contributed by atoms with E-state index < -0.39 is 11.7 Å². The molecular formula is C16H12FNO2. The van der Waals surface area contributed by atoms with Crippen LogP contribution in [0.1, 0.15) is 15.9 Å². The number of carbonyl (C=O) groups excluding carboxylic acids is 1. The largest absolute Gasteiger partial charge is 0.384 e. The second-order valence-corrected chi connectivity index (χ2v) is 3.97. The lowest BCUT2D eigenvalue weighted by Crippen LogP contribution is -2.13. The molecular weight excluding hydrogens is 257 g/mol. The minimum absolute atomic E-state index is 0.0846. The molecule has 3 nitrogen and oxygen atoms in total. The number of rotatable bonds is 2. The number of carbonyl (C=O) groups is 1. The van der Waals surface area contributed by atoms with Crippen LogP contribution in [0.25, 0.3) is 0 Å². The number of hydrogen-bond acceptors (Lipinski definition) is 2. The highest BCUT2D eigenvalue weighted by atomic mass is 19.1. The van der Waals surface area contributed by atoms with Crippen LogP contribution in [0.4, 0.5) is 10.1 Å².